The number of ether oxygens (including phenoxy) is 1. The number of nitrogens with one attached hydrogen (secondary N) is 1. The number of halogens is 1. The molecule has 2 heterocycles. The Balaban J connectivity index is 1.94. The van der Waals surface area contributed by atoms with Crippen LogP contribution in [0, 0.1) is 0 Å². The summed E-state index contributed by atoms with van der Waals surface area (Å²) in [5.41, 5.74) is 2.79. The predicted octanol–water partition coefficient (Wildman–Crippen LogP) is 4.62. The lowest BCUT2D eigenvalue weighted by atomic mass is 10.0. The van der Waals surface area contributed by atoms with Crippen LogP contribution in [0.5, 0.6) is 5.75 Å². The number of benzene rings is 1. The molecule has 2 aromatic rings. The number of thiophene rings is 1. The molecule has 1 aliphatic heterocycles. The molecule has 1 atom stereocenters. The highest BCUT2D eigenvalue weighted by atomic mass is 79.9. The Kier molecular flexibility index (Phi) is 4.94. The van der Waals surface area contributed by atoms with Gasteiger partial charge in [0.05, 0.1) is 17.6 Å². The number of rotatable bonds is 4. The molecule has 1 aliphatic rings. The fourth-order valence-electron chi connectivity index (χ4n) is 2.65. The Labute approximate surface area is 142 Å². The van der Waals surface area contributed by atoms with Gasteiger partial charge in [-0.15, -0.1) is 11.3 Å². The van der Waals surface area contributed by atoms with Gasteiger partial charge >= 0.3 is 0 Å². The molecule has 0 saturated heterocycles. The molecule has 0 aliphatic carbocycles. The van der Waals surface area contributed by atoms with Crippen molar-refractivity contribution < 1.29 is 4.74 Å². The highest BCUT2D eigenvalue weighted by Gasteiger charge is 2.20. The highest BCUT2D eigenvalue weighted by molar-refractivity contribution is 9.10. The molecule has 0 spiro atoms. The first-order valence-electron chi connectivity index (χ1n) is 6.93. The van der Waals surface area contributed by atoms with Crippen LogP contribution in [0.1, 0.15) is 26.9 Å². The van der Waals surface area contributed by atoms with Gasteiger partial charge in [-0.3, -0.25) is 0 Å². The fourth-order valence-corrected chi connectivity index (χ4v) is 5.72. The minimum Gasteiger partial charge on any atom is -0.496 e. The van der Waals surface area contributed by atoms with Gasteiger partial charge in [-0.25, -0.2) is 0 Å². The molecule has 21 heavy (non-hydrogen) atoms. The number of aryl methyl sites for hydroxylation is 1. The van der Waals surface area contributed by atoms with Crippen LogP contribution >= 0.6 is 39.0 Å². The van der Waals surface area contributed by atoms with Gasteiger partial charge in [-0.05, 0) is 64.5 Å². The van der Waals surface area contributed by atoms with Crippen LogP contribution in [0.4, 0.5) is 0 Å². The maximum atomic E-state index is 5.32. The maximum Gasteiger partial charge on any atom is 0.133 e. The molecule has 0 amide bonds. The quantitative estimate of drug-likeness (QED) is 0.831. The van der Waals surface area contributed by atoms with E-state index in [2.05, 4.69) is 39.4 Å². The Morgan fingerprint density at radius 2 is 2.19 bits per heavy atom. The van der Waals surface area contributed by atoms with E-state index < -0.39 is 0 Å². The van der Waals surface area contributed by atoms with E-state index in [1.165, 1.54) is 28.2 Å². The van der Waals surface area contributed by atoms with Crippen molar-refractivity contribution in [2.75, 3.05) is 19.9 Å². The standard InChI is InChI=1S/C16H18BrNOS2/c1-18-16(10-3-4-13(19-2)12(17)7-10)15-8-11-9-20-6-5-14(11)21-15/h3-4,7-8,16,18H,5-6,9H2,1-2H3. The lowest BCUT2D eigenvalue weighted by molar-refractivity contribution is 0.412. The molecule has 1 unspecified atom stereocenters. The monoisotopic (exact) mass is 383 g/mol. The molecular weight excluding hydrogens is 366 g/mol. The minimum atomic E-state index is 0.243. The van der Waals surface area contributed by atoms with Crippen molar-refractivity contribution >= 4 is 39.0 Å². The van der Waals surface area contributed by atoms with Crippen molar-refractivity contribution in [3.05, 3.63) is 49.6 Å². The zero-order valence-electron chi connectivity index (χ0n) is 12.1. The van der Waals surface area contributed by atoms with Crippen LogP contribution in [0.2, 0.25) is 0 Å². The molecule has 5 heteroatoms. The van der Waals surface area contributed by atoms with E-state index in [-0.39, 0.29) is 6.04 Å². The summed E-state index contributed by atoms with van der Waals surface area (Å²) in [4.78, 5) is 2.97. The topological polar surface area (TPSA) is 21.3 Å². The largest absolute Gasteiger partial charge is 0.496 e. The second kappa shape index (κ2) is 6.73. The van der Waals surface area contributed by atoms with E-state index in [4.69, 9.17) is 4.74 Å². The van der Waals surface area contributed by atoms with Gasteiger partial charge in [-0.1, -0.05) is 6.07 Å². The smallest absolute Gasteiger partial charge is 0.133 e. The zero-order chi connectivity index (χ0) is 14.8. The lowest BCUT2D eigenvalue weighted by Gasteiger charge is -2.16. The Morgan fingerprint density at radius 1 is 1.33 bits per heavy atom. The third-order valence-corrected chi connectivity index (χ3v) is 6.66. The van der Waals surface area contributed by atoms with E-state index in [1.807, 2.05) is 36.2 Å². The van der Waals surface area contributed by atoms with E-state index in [0.29, 0.717) is 0 Å². The molecule has 1 aromatic heterocycles. The lowest BCUT2D eigenvalue weighted by Crippen LogP contribution is -2.16. The van der Waals surface area contributed by atoms with Crippen LogP contribution in [0.3, 0.4) is 0 Å². The average Bonchev–Trinajstić information content (AvgIpc) is 2.91. The van der Waals surface area contributed by atoms with Gasteiger partial charge in [0.25, 0.3) is 0 Å². The van der Waals surface area contributed by atoms with Gasteiger partial charge in [0, 0.05) is 15.5 Å². The minimum absolute atomic E-state index is 0.243. The summed E-state index contributed by atoms with van der Waals surface area (Å²) in [5, 5.41) is 3.45. The first-order valence-corrected chi connectivity index (χ1v) is 9.69. The van der Waals surface area contributed by atoms with E-state index in [0.717, 1.165) is 16.0 Å². The van der Waals surface area contributed by atoms with Gasteiger partial charge < -0.3 is 10.1 Å². The van der Waals surface area contributed by atoms with Crippen molar-refractivity contribution in [1.29, 1.82) is 0 Å². The maximum absolute atomic E-state index is 5.32. The summed E-state index contributed by atoms with van der Waals surface area (Å²) in [6, 6.07) is 8.93. The molecule has 3 rings (SSSR count). The van der Waals surface area contributed by atoms with Gasteiger partial charge in [-0.2, -0.15) is 11.8 Å². The Hall–Kier alpha value is -0.490. The van der Waals surface area contributed by atoms with Crippen LogP contribution in [-0.4, -0.2) is 19.9 Å². The van der Waals surface area contributed by atoms with Crippen LogP contribution < -0.4 is 10.1 Å². The molecule has 0 fully saturated rings. The van der Waals surface area contributed by atoms with E-state index in [9.17, 15) is 0 Å². The third kappa shape index (κ3) is 3.16. The summed E-state index contributed by atoms with van der Waals surface area (Å²) in [6.07, 6.45) is 1.22. The van der Waals surface area contributed by atoms with Gasteiger partial charge in [0.1, 0.15) is 5.75 Å². The normalized spacial score (nSPS) is 15.6. The number of fused-ring (bicyclic) bond motifs is 1. The number of hydrogen-bond donors (Lipinski definition) is 1. The van der Waals surface area contributed by atoms with Gasteiger partial charge in [0.2, 0.25) is 0 Å². The predicted molar refractivity (Wildman–Crippen MR) is 95.8 cm³/mol. The SMILES string of the molecule is CNC(c1ccc(OC)c(Br)c1)c1cc2c(s1)CCSC2. The second-order valence-corrected chi connectivity index (χ2v) is 8.14. The molecule has 1 N–H and O–H groups in total. The van der Waals surface area contributed by atoms with Gasteiger partial charge in [0.15, 0.2) is 0 Å². The summed E-state index contributed by atoms with van der Waals surface area (Å²) in [6.45, 7) is 0. The molecule has 0 saturated carbocycles. The van der Waals surface area contributed by atoms with E-state index in [1.54, 1.807) is 12.0 Å². The Morgan fingerprint density at radius 3 is 2.86 bits per heavy atom. The molecule has 112 valence electrons. The fraction of sp³-hybridized carbons (Fsp3) is 0.375. The second-order valence-electron chi connectivity index (χ2n) is 5.02. The van der Waals surface area contributed by atoms with Crippen LogP contribution in [0.15, 0.2) is 28.7 Å². The first-order chi connectivity index (χ1) is 10.2. The molecular formula is C16H18BrNOS2. The summed E-state index contributed by atoms with van der Waals surface area (Å²) in [5.74, 6) is 3.29. The molecule has 0 bridgehead atoms. The summed E-state index contributed by atoms with van der Waals surface area (Å²) < 4.78 is 6.32. The Bertz CT molecular complexity index is 618. The van der Waals surface area contributed by atoms with Crippen molar-refractivity contribution in [3.8, 4) is 5.75 Å². The van der Waals surface area contributed by atoms with Crippen molar-refractivity contribution in [2.45, 2.75) is 18.2 Å². The first kappa shape index (κ1) is 15.4. The van der Waals surface area contributed by atoms with Crippen LogP contribution in [-0.2, 0) is 12.2 Å². The molecule has 1 aromatic carbocycles. The number of methoxy groups -OCH3 is 1. The van der Waals surface area contributed by atoms with Crippen molar-refractivity contribution in [1.82, 2.24) is 5.32 Å². The van der Waals surface area contributed by atoms with Crippen molar-refractivity contribution in [2.24, 2.45) is 0 Å². The zero-order valence-corrected chi connectivity index (χ0v) is 15.3. The van der Waals surface area contributed by atoms with Crippen molar-refractivity contribution in [3.63, 3.8) is 0 Å². The molecule has 2 nitrogen and oxygen atoms in total. The summed E-state index contributed by atoms with van der Waals surface area (Å²) >= 11 is 7.57. The average molecular weight is 384 g/mol. The number of thioether (sulfide) groups is 1. The van der Waals surface area contributed by atoms with Crippen LogP contribution in [0.25, 0.3) is 0 Å². The van der Waals surface area contributed by atoms with E-state index >= 15 is 0 Å². The summed E-state index contributed by atoms with van der Waals surface area (Å²) in [7, 11) is 3.72. The molecule has 0 radical (unpaired) electrons. The third-order valence-electron chi connectivity index (χ3n) is 3.73. The number of hydrogen-bond acceptors (Lipinski definition) is 4. The highest BCUT2D eigenvalue weighted by Crippen LogP contribution is 2.37.